The number of nitrogens with zero attached hydrogens (tertiary/aromatic N) is 4. The zero-order valence-electron chi connectivity index (χ0n) is 14.1. The molecule has 0 spiro atoms. The summed E-state index contributed by atoms with van der Waals surface area (Å²) in [5.41, 5.74) is 1.52. The number of likely N-dealkylation sites (N-methyl/N-ethyl adjacent to an activating group) is 1. The van der Waals surface area contributed by atoms with Gasteiger partial charge in [-0.15, -0.1) is 5.10 Å². The van der Waals surface area contributed by atoms with Crippen LogP contribution in [0.3, 0.4) is 0 Å². The van der Waals surface area contributed by atoms with Crippen molar-refractivity contribution in [3.63, 3.8) is 0 Å². The van der Waals surface area contributed by atoms with E-state index in [1.807, 2.05) is 17.9 Å². The largest absolute Gasteiger partial charge is 0.438 e. The summed E-state index contributed by atoms with van der Waals surface area (Å²) < 4.78 is 5.64. The molecule has 1 aliphatic heterocycles. The number of carbonyl (C=O) groups excluding carboxylic acids is 1. The van der Waals surface area contributed by atoms with Crippen molar-refractivity contribution >= 4 is 5.91 Å². The van der Waals surface area contributed by atoms with E-state index in [-0.39, 0.29) is 5.91 Å². The van der Waals surface area contributed by atoms with Crippen LogP contribution in [0.15, 0.2) is 36.4 Å². The summed E-state index contributed by atoms with van der Waals surface area (Å²) in [4.78, 5) is 16.8. The van der Waals surface area contributed by atoms with Gasteiger partial charge in [0.05, 0.1) is 5.69 Å². The van der Waals surface area contributed by atoms with Gasteiger partial charge in [0.15, 0.2) is 0 Å². The number of carbonyl (C=O) groups is 1. The van der Waals surface area contributed by atoms with Crippen LogP contribution in [0.1, 0.15) is 23.0 Å². The molecule has 0 saturated carbocycles. The Morgan fingerprint density at radius 3 is 2.33 bits per heavy atom. The molecule has 126 valence electrons. The van der Waals surface area contributed by atoms with E-state index in [0.717, 1.165) is 38.4 Å². The molecule has 0 bridgehead atoms. The van der Waals surface area contributed by atoms with Crippen molar-refractivity contribution in [2.45, 2.75) is 13.8 Å². The van der Waals surface area contributed by atoms with Gasteiger partial charge in [-0.05, 0) is 43.8 Å². The van der Waals surface area contributed by atoms with Crippen molar-refractivity contribution in [1.29, 1.82) is 0 Å². The Bertz CT molecular complexity index is 677. The standard InChI is InChI=1S/C18H22N4O2/c1-3-21-10-12-22(13-11-21)18(23)15-5-7-16(8-6-15)24-17-9-4-14(2)19-20-17/h4-9H,3,10-13H2,1-2H3. The summed E-state index contributed by atoms with van der Waals surface area (Å²) in [5, 5.41) is 7.92. The number of benzene rings is 1. The van der Waals surface area contributed by atoms with E-state index >= 15 is 0 Å². The second-order valence-electron chi connectivity index (χ2n) is 5.87. The average Bonchev–Trinajstić information content (AvgIpc) is 2.64. The molecule has 3 rings (SSSR count). The highest BCUT2D eigenvalue weighted by molar-refractivity contribution is 5.94. The van der Waals surface area contributed by atoms with Crippen LogP contribution in [0.5, 0.6) is 11.6 Å². The first-order valence-electron chi connectivity index (χ1n) is 8.25. The molecule has 1 aromatic heterocycles. The third kappa shape index (κ3) is 3.89. The Labute approximate surface area is 142 Å². The van der Waals surface area contributed by atoms with Gasteiger partial charge in [0, 0.05) is 37.8 Å². The fourth-order valence-electron chi connectivity index (χ4n) is 2.68. The monoisotopic (exact) mass is 326 g/mol. The molecule has 24 heavy (non-hydrogen) atoms. The van der Waals surface area contributed by atoms with Crippen LogP contribution in [-0.2, 0) is 0 Å². The van der Waals surface area contributed by atoms with Crippen LogP contribution < -0.4 is 4.74 Å². The number of hydrogen-bond donors (Lipinski definition) is 0. The number of aryl methyl sites for hydroxylation is 1. The smallest absolute Gasteiger partial charge is 0.253 e. The second-order valence-corrected chi connectivity index (χ2v) is 5.87. The Kier molecular flexibility index (Phi) is 5.05. The van der Waals surface area contributed by atoms with E-state index in [9.17, 15) is 4.79 Å². The van der Waals surface area contributed by atoms with Gasteiger partial charge in [0.25, 0.3) is 5.91 Å². The van der Waals surface area contributed by atoms with E-state index in [1.54, 1.807) is 30.3 Å². The lowest BCUT2D eigenvalue weighted by molar-refractivity contribution is 0.0643. The van der Waals surface area contributed by atoms with E-state index in [4.69, 9.17) is 4.74 Å². The van der Waals surface area contributed by atoms with Crippen molar-refractivity contribution in [3.05, 3.63) is 47.7 Å². The molecule has 1 amide bonds. The fourth-order valence-corrected chi connectivity index (χ4v) is 2.68. The average molecular weight is 326 g/mol. The Morgan fingerprint density at radius 2 is 1.75 bits per heavy atom. The molecule has 0 N–H and O–H groups in total. The van der Waals surface area contributed by atoms with Gasteiger partial charge in [0.1, 0.15) is 5.75 Å². The first-order chi connectivity index (χ1) is 11.7. The molecule has 6 heteroatoms. The van der Waals surface area contributed by atoms with Crippen LogP contribution >= 0.6 is 0 Å². The summed E-state index contributed by atoms with van der Waals surface area (Å²) in [7, 11) is 0. The minimum atomic E-state index is 0.0763. The Balaban J connectivity index is 1.61. The van der Waals surface area contributed by atoms with Crippen LogP contribution in [-0.4, -0.2) is 58.6 Å². The van der Waals surface area contributed by atoms with Crippen LogP contribution in [0, 0.1) is 6.92 Å². The quantitative estimate of drug-likeness (QED) is 0.863. The van der Waals surface area contributed by atoms with Crippen LogP contribution in [0.4, 0.5) is 0 Å². The van der Waals surface area contributed by atoms with Crippen molar-refractivity contribution in [2.24, 2.45) is 0 Å². The molecular formula is C18H22N4O2. The van der Waals surface area contributed by atoms with Crippen LogP contribution in [0.25, 0.3) is 0 Å². The highest BCUT2D eigenvalue weighted by atomic mass is 16.5. The molecule has 1 fully saturated rings. The van der Waals surface area contributed by atoms with Gasteiger partial charge in [-0.3, -0.25) is 4.79 Å². The van der Waals surface area contributed by atoms with Crippen molar-refractivity contribution in [1.82, 2.24) is 20.0 Å². The summed E-state index contributed by atoms with van der Waals surface area (Å²) in [5.74, 6) is 1.16. The molecule has 2 heterocycles. The zero-order valence-corrected chi connectivity index (χ0v) is 14.1. The lowest BCUT2D eigenvalue weighted by Gasteiger charge is -2.34. The number of rotatable bonds is 4. The minimum Gasteiger partial charge on any atom is -0.438 e. The lowest BCUT2D eigenvalue weighted by Crippen LogP contribution is -2.48. The number of hydrogen-bond acceptors (Lipinski definition) is 5. The molecule has 2 aromatic rings. The molecule has 1 saturated heterocycles. The third-order valence-corrected chi connectivity index (χ3v) is 4.20. The van der Waals surface area contributed by atoms with E-state index < -0.39 is 0 Å². The highest BCUT2D eigenvalue weighted by Crippen LogP contribution is 2.20. The minimum absolute atomic E-state index is 0.0763. The maximum Gasteiger partial charge on any atom is 0.253 e. The van der Waals surface area contributed by atoms with Gasteiger partial charge in [-0.1, -0.05) is 6.92 Å². The Hall–Kier alpha value is -2.47. The maximum absolute atomic E-state index is 12.5. The predicted molar refractivity (Wildman–Crippen MR) is 91.3 cm³/mol. The third-order valence-electron chi connectivity index (χ3n) is 4.20. The number of aromatic nitrogens is 2. The summed E-state index contributed by atoms with van der Waals surface area (Å²) in [6, 6.07) is 10.8. The predicted octanol–water partition coefficient (Wildman–Crippen LogP) is 2.36. The van der Waals surface area contributed by atoms with Crippen molar-refractivity contribution < 1.29 is 9.53 Å². The molecular weight excluding hydrogens is 304 g/mol. The summed E-state index contributed by atoms with van der Waals surface area (Å²) in [6.45, 7) is 8.50. The maximum atomic E-state index is 12.5. The fraction of sp³-hybridized carbons (Fsp3) is 0.389. The van der Waals surface area contributed by atoms with Crippen LogP contribution in [0.2, 0.25) is 0 Å². The molecule has 1 aromatic carbocycles. The molecule has 1 aliphatic rings. The van der Waals surface area contributed by atoms with Crippen molar-refractivity contribution in [2.75, 3.05) is 32.7 Å². The van der Waals surface area contributed by atoms with E-state index in [2.05, 4.69) is 22.0 Å². The zero-order chi connectivity index (χ0) is 16.9. The molecule has 0 atom stereocenters. The van der Waals surface area contributed by atoms with Gasteiger partial charge in [-0.25, -0.2) is 0 Å². The molecule has 0 unspecified atom stereocenters. The highest BCUT2D eigenvalue weighted by Gasteiger charge is 2.21. The van der Waals surface area contributed by atoms with Crippen molar-refractivity contribution in [3.8, 4) is 11.6 Å². The van der Waals surface area contributed by atoms with Gasteiger partial charge < -0.3 is 14.5 Å². The number of ether oxygens (including phenoxy) is 1. The SMILES string of the molecule is CCN1CCN(C(=O)c2ccc(Oc3ccc(C)nn3)cc2)CC1. The first-order valence-corrected chi connectivity index (χ1v) is 8.25. The normalized spacial score (nSPS) is 15.3. The van der Waals surface area contributed by atoms with Gasteiger partial charge >= 0.3 is 0 Å². The lowest BCUT2D eigenvalue weighted by atomic mass is 10.1. The van der Waals surface area contributed by atoms with E-state index in [1.165, 1.54) is 0 Å². The van der Waals surface area contributed by atoms with E-state index in [0.29, 0.717) is 17.2 Å². The molecule has 0 aliphatic carbocycles. The molecule has 0 radical (unpaired) electrons. The Morgan fingerprint density at radius 1 is 1.04 bits per heavy atom. The number of piperazine rings is 1. The summed E-state index contributed by atoms with van der Waals surface area (Å²) >= 11 is 0. The van der Waals surface area contributed by atoms with Gasteiger partial charge in [-0.2, -0.15) is 5.10 Å². The second kappa shape index (κ2) is 7.40. The topological polar surface area (TPSA) is 58.6 Å². The van der Waals surface area contributed by atoms with Gasteiger partial charge in [0.2, 0.25) is 5.88 Å². The number of amides is 1. The molecule has 6 nitrogen and oxygen atoms in total. The first kappa shape index (κ1) is 16.4. The summed E-state index contributed by atoms with van der Waals surface area (Å²) in [6.07, 6.45) is 0.